The summed E-state index contributed by atoms with van der Waals surface area (Å²) in [6.07, 6.45) is 0. The molecule has 0 fully saturated rings. The lowest BCUT2D eigenvalue weighted by molar-refractivity contribution is -0.114. The summed E-state index contributed by atoms with van der Waals surface area (Å²) in [6, 6.07) is 12.5. The molecule has 3 nitrogen and oxygen atoms in total. The van der Waals surface area contributed by atoms with E-state index in [1.54, 1.807) is 30.3 Å². The van der Waals surface area contributed by atoms with Gasteiger partial charge in [-0.2, -0.15) is 0 Å². The van der Waals surface area contributed by atoms with Crippen molar-refractivity contribution in [1.82, 2.24) is 0 Å². The largest absolute Gasteiger partial charge is 0.300 e. The highest BCUT2D eigenvalue weighted by Gasteiger charge is 2.35. The number of Topliss-reactive ketones (excluding diaryl/α,β-unsaturated/α-hetero) is 1. The van der Waals surface area contributed by atoms with Gasteiger partial charge < -0.3 is 4.90 Å². The van der Waals surface area contributed by atoms with Crippen LogP contribution in [0, 0.1) is 0 Å². The molecule has 0 atom stereocenters. The van der Waals surface area contributed by atoms with Crippen LogP contribution in [-0.2, 0) is 11.3 Å². The number of halogens is 2. The third-order valence-corrected chi connectivity index (χ3v) is 3.89. The Morgan fingerprint density at radius 2 is 1.90 bits per heavy atom. The Morgan fingerprint density at radius 3 is 2.65 bits per heavy atom. The highest BCUT2D eigenvalue weighted by molar-refractivity contribution is 9.10. The van der Waals surface area contributed by atoms with Crippen LogP contribution in [-0.4, -0.2) is 11.7 Å². The number of hydrogen-bond donors (Lipinski definition) is 0. The average molecular weight is 351 g/mol. The summed E-state index contributed by atoms with van der Waals surface area (Å²) in [5, 5.41) is 0.606. The summed E-state index contributed by atoms with van der Waals surface area (Å²) in [4.78, 5) is 25.5. The van der Waals surface area contributed by atoms with Gasteiger partial charge in [0.2, 0.25) is 0 Å². The Kier molecular flexibility index (Phi) is 3.36. The third kappa shape index (κ3) is 2.25. The smallest absolute Gasteiger partial charge is 0.299 e. The molecule has 0 unspecified atom stereocenters. The Balaban J connectivity index is 2.01. The second kappa shape index (κ2) is 5.04. The molecule has 1 aliphatic heterocycles. The van der Waals surface area contributed by atoms with E-state index in [-0.39, 0.29) is 0 Å². The molecule has 2 aromatic carbocycles. The Hall–Kier alpha value is -1.65. The lowest BCUT2D eigenvalue weighted by atomic mass is 10.1. The molecule has 0 bridgehead atoms. The summed E-state index contributed by atoms with van der Waals surface area (Å²) < 4.78 is 0.829. The zero-order valence-electron chi connectivity index (χ0n) is 10.3. The summed E-state index contributed by atoms with van der Waals surface area (Å²) in [6.45, 7) is 0.328. The van der Waals surface area contributed by atoms with Gasteiger partial charge in [0.25, 0.3) is 11.7 Å². The Bertz CT molecular complexity index is 730. The quantitative estimate of drug-likeness (QED) is 0.772. The van der Waals surface area contributed by atoms with Crippen molar-refractivity contribution in [2.45, 2.75) is 6.54 Å². The standard InChI is InChI=1S/C15H9BrClNO2/c16-10-4-5-12-13(7-10)18(15(20)14(12)19)8-9-2-1-3-11(17)6-9/h1-7H,8H2. The zero-order valence-corrected chi connectivity index (χ0v) is 12.6. The van der Waals surface area contributed by atoms with Crippen LogP contribution < -0.4 is 4.90 Å². The minimum absolute atomic E-state index is 0.328. The van der Waals surface area contributed by atoms with Crippen molar-refractivity contribution >= 4 is 44.9 Å². The van der Waals surface area contributed by atoms with Crippen molar-refractivity contribution in [3.63, 3.8) is 0 Å². The average Bonchev–Trinajstić information content (AvgIpc) is 2.64. The monoisotopic (exact) mass is 349 g/mol. The first-order chi connectivity index (χ1) is 9.56. The maximum Gasteiger partial charge on any atom is 0.299 e. The Labute approximate surface area is 129 Å². The van der Waals surface area contributed by atoms with Crippen LogP contribution in [0.5, 0.6) is 0 Å². The summed E-state index contributed by atoms with van der Waals surface area (Å²) in [5.74, 6) is -0.965. The lowest BCUT2D eigenvalue weighted by Crippen LogP contribution is -2.29. The topological polar surface area (TPSA) is 37.4 Å². The molecule has 3 rings (SSSR count). The van der Waals surface area contributed by atoms with Gasteiger partial charge in [-0.05, 0) is 35.9 Å². The number of amides is 1. The highest BCUT2D eigenvalue weighted by atomic mass is 79.9. The van der Waals surface area contributed by atoms with E-state index in [1.165, 1.54) is 4.90 Å². The van der Waals surface area contributed by atoms with E-state index in [9.17, 15) is 9.59 Å². The second-order valence-electron chi connectivity index (χ2n) is 4.51. The van der Waals surface area contributed by atoms with Gasteiger partial charge in [0.15, 0.2) is 0 Å². The summed E-state index contributed by atoms with van der Waals surface area (Å²) in [7, 11) is 0. The number of carbonyl (C=O) groups is 2. The minimum Gasteiger partial charge on any atom is -0.300 e. The first kappa shape index (κ1) is 13.3. The van der Waals surface area contributed by atoms with Gasteiger partial charge in [-0.3, -0.25) is 9.59 Å². The molecule has 1 amide bonds. The molecule has 1 aliphatic rings. The van der Waals surface area contributed by atoms with Gasteiger partial charge in [-0.1, -0.05) is 39.7 Å². The van der Waals surface area contributed by atoms with Gasteiger partial charge in [-0.25, -0.2) is 0 Å². The van der Waals surface area contributed by atoms with Crippen molar-refractivity contribution in [2.75, 3.05) is 4.90 Å². The molecule has 0 saturated carbocycles. The molecule has 2 aromatic rings. The molecular weight excluding hydrogens is 342 g/mol. The third-order valence-electron chi connectivity index (χ3n) is 3.16. The van der Waals surface area contributed by atoms with Crippen molar-refractivity contribution in [3.8, 4) is 0 Å². The first-order valence-electron chi connectivity index (χ1n) is 5.96. The molecule has 5 heteroatoms. The number of rotatable bonds is 2. The Morgan fingerprint density at radius 1 is 1.10 bits per heavy atom. The fourth-order valence-electron chi connectivity index (χ4n) is 2.24. The van der Waals surface area contributed by atoms with Gasteiger partial charge in [0, 0.05) is 9.50 Å². The van der Waals surface area contributed by atoms with E-state index in [1.807, 2.05) is 12.1 Å². The molecule has 0 aliphatic carbocycles. The first-order valence-corrected chi connectivity index (χ1v) is 7.13. The van der Waals surface area contributed by atoms with Crippen LogP contribution in [0.15, 0.2) is 46.9 Å². The second-order valence-corrected chi connectivity index (χ2v) is 5.86. The fraction of sp³-hybridized carbons (Fsp3) is 0.0667. The van der Waals surface area contributed by atoms with Gasteiger partial charge in [0.1, 0.15) is 0 Å². The van der Waals surface area contributed by atoms with Crippen LogP contribution in [0.2, 0.25) is 5.02 Å². The molecule has 0 saturated heterocycles. The predicted molar refractivity (Wildman–Crippen MR) is 81.1 cm³/mol. The number of anilines is 1. The van der Waals surface area contributed by atoms with Crippen molar-refractivity contribution in [1.29, 1.82) is 0 Å². The number of nitrogens with zero attached hydrogens (tertiary/aromatic N) is 1. The molecular formula is C15H9BrClNO2. The van der Waals surface area contributed by atoms with E-state index in [2.05, 4.69) is 15.9 Å². The SMILES string of the molecule is O=C1C(=O)N(Cc2cccc(Cl)c2)c2cc(Br)ccc21. The van der Waals surface area contributed by atoms with Gasteiger partial charge >= 0.3 is 0 Å². The number of hydrogen-bond acceptors (Lipinski definition) is 2. The number of fused-ring (bicyclic) bond motifs is 1. The van der Waals surface area contributed by atoms with E-state index < -0.39 is 11.7 Å². The van der Waals surface area contributed by atoms with Crippen LogP contribution in [0.4, 0.5) is 5.69 Å². The van der Waals surface area contributed by atoms with Crippen LogP contribution in [0.1, 0.15) is 15.9 Å². The fourth-order valence-corrected chi connectivity index (χ4v) is 2.80. The molecule has 1 heterocycles. The molecule has 100 valence electrons. The molecule has 20 heavy (non-hydrogen) atoms. The maximum atomic E-state index is 12.1. The minimum atomic E-state index is -0.502. The van der Waals surface area contributed by atoms with Crippen molar-refractivity contribution in [2.24, 2.45) is 0 Å². The van der Waals surface area contributed by atoms with E-state index in [0.29, 0.717) is 22.8 Å². The van der Waals surface area contributed by atoms with Crippen molar-refractivity contribution < 1.29 is 9.59 Å². The van der Waals surface area contributed by atoms with Gasteiger partial charge in [0.05, 0.1) is 17.8 Å². The van der Waals surface area contributed by atoms with Crippen LogP contribution in [0.3, 0.4) is 0 Å². The van der Waals surface area contributed by atoms with Crippen LogP contribution in [0.25, 0.3) is 0 Å². The zero-order chi connectivity index (χ0) is 14.3. The van der Waals surface area contributed by atoms with Crippen molar-refractivity contribution in [3.05, 3.63) is 63.1 Å². The van der Waals surface area contributed by atoms with E-state index >= 15 is 0 Å². The normalized spacial score (nSPS) is 13.8. The van der Waals surface area contributed by atoms with E-state index in [4.69, 9.17) is 11.6 Å². The maximum absolute atomic E-state index is 12.1. The summed E-state index contributed by atoms with van der Waals surface area (Å²) in [5.41, 5.74) is 1.96. The molecule has 0 radical (unpaired) electrons. The predicted octanol–water partition coefficient (Wildman–Crippen LogP) is 3.83. The van der Waals surface area contributed by atoms with E-state index in [0.717, 1.165) is 10.0 Å². The summed E-state index contributed by atoms with van der Waals surface area (Å²) >= 11 is 9.30. The lowest BCUT2D eigenvalue weighted by Gasteiger charge is -2.16. The highest BCUT2D eigenvalue weighted by Crippen LogP contribution is 2.33. The molecule has 0 N–H and O–H groups in total. The number of ketones is 1. The molecule has 0 aromatic heterocycles. The molecule has 0 spiro atoms. The van der Waals surface area contributed by atoms with Crippen LogP contribution >= 0.6 is 27.5 Å². The van der Waals surface area contributed by atoms with Gasteiger partial charge in [-0.15, -0.1) is 0 Å². The number of carbonyl (C=O) groups excluding carboxylic acids is 2. The number of benzene rings is 2.